The summed E-state index contributed by atoms with van der Waals surface area (Å²) in [6.45, 7) is 0.0179. The van der Waals surface area contributed by atoms with E-state index in [1.165, 1.54) is 24.3 Å². The number of benzene rings is 1. The molecule has 20 heavy (non-hydrogen) atoms. The summed E-state index contributed by atoms with van der Waals surface area (Å²) in [7, 11) is -3.60. The van der Waals surface area contributed by atoms with E-state index < -0.39 is 15.8 Å². The lowest BCUT2D eigenvalue weighted by molar-refractivity contribution is 0.300. The van der Waals surface area contributed by atoms with Crippen LogP contribution in [0.1, 0.15) is 10.4 Å². The first-order valence-electron chi connectivity index (χ1n) is 5.95. The van der Waals surface area contributed by atoms with E-state index in [9.17, 15) is 12.8 Å². The highest BCUT2D eigenvalue weighted by Gasteiger charge is 2.16. The van der Waals surface area contributed by atoms with E-state index in [0.29, 0.717) is 12.0 Å². The molecule has 0 bridgehead atoms. The maximum absolute atomic E-state index is 13.0. The normalized spacial score (nSPS) is 11.7. The van der Waals surface area contributed by atoms with E-state index in [1.54, 1.807) is 12.1 Å². The van der Waals surface area contributed by atoms with Gasteiger partial charge < -0.3 is 5.11 Å². The van der Waals surface area contributed by atoms with Crippen LogP contribution >= 0.6 is 11.3 Å². The molecule has 0 spiro atoms. The average Bonchev–Trinajstić information content (AvgIpc) is 2.87. The molecule has 0 saturated carbocycles. The van der Waals surface area contributed by atoms with Gasteiger partial charge in [-0.05, 0) is 29.8 Å². The van der Waals surface area contributed by atoms with E-state index in [-0.39, 0.29) is 17.4 Å². The number of halogens is 1. The molecule has 0 aliphatic rings. The number of hydrogen-bond acceptors (Lipinski definition) is 4. The highest BCUT2D eigenvalue weighted by atomic mass is 32.2. The fourth-order valence-electron chi connectivity index (χ4n) is 1.64. The quantitative estimate of drug-likeness (QED) is 0.855. The van der Waals surface area contributed by atoms with Gasteiger partial charge >= 0.3 is 0 Å². The molecule has 2 aromatic rings. The van der Waals surface area contributed by atoms with Crippen LogP contribution < -0.4 is 4.72 Å². The summed E-state index contributed by atoms with van der Waals surface area (Å²) in [4.78, 5) is 0.804. The minimum Gasteiger partial charge on any atom is -0.396 e. The van der Waals surface area contributed by atoms with Crippen molar-refractivity contribution in [2.45, 2.75) is 17.2 Å². The summed E-state index contributed by atoms with van der Waals surface area (Å²) in [6.07, 6.45) is 0.435. The molecule has 7 heteroatoms. The van der Waals surface area contributed by atoms with E-state index in [1.807, 2.05) is 0 Å². The van der Waals surface area contributed by atoms with Gasteiger partial charge in [-0.2, -0.15) is 0 Å². The minimum absolute atomic E-state index is 0.0171. The molecule has 108 valence electrons. The van der Waals surface area contributed by atoms with Crippen LogP contribution in [0.5, 0.6) is 0 Å². The highest BCUT2D eigenvalue weighted by molar-refractivity contribution is 7.91. The van der Waals surface area contributed by atoms with Crippen molar-refractivity contribution in [1.82, 2.24) is 4.72 Å². The van der Waals surface area contributed by atoms with Crippen molar-refractivity contribution in [2.75, 3.05) is 6.61 Å². The third-order valence-electron chi connectivity index (χ3n) is 2.62. The molecule has 0 aliphatic carbocycles. The lowest BCUT2D eigenvalue weighted by atomic mass is 10.2. The number of hydrogen-bond donors (Lipinski definition) is 2. The Kier molecular flexibility index (Phi) is 4.87. The van der Waals surface area contributed by atoms with Gasteiger partial charge in [0.15, 0.2) is 0 Å². The number of thiophene rings is 1. The van der Waals surface area contributed by atoms with Gasteiger partial charge in [-0.25, -0.2) is 17.5 Å². The Labute approximate surface area is 120 Å². The zero-order valence-electron chi connectivity index (χ0n) is 10.5. The highest BCUT2D eigenvalue weighted by Crippen LogP contribution is 2.22. The summed E-state index contributed by atoms with van der Waals surface area (Å²) < 4.78 is 39.7. The van der Waals surface area contributed by atoms with Crippen LogP contribution in [0.25, 0.3) is 0 Å². The topological polar surface area (TPSA) is 66.4 Å². The number of sulfonamides is 1. The van der Waals surface area contributed by atoms with Gasteiger partial charge in [-0.1, -0.05) is 12.1 Å². The van der Waals surface area contributed by atoms with Crippen molar-refractivity contribution in [3.63, 3.8) is 0 Å². The molecule has 0 amide bonds. The van der Waals surface area contributed by atoms with E-state index >= 15 is 0 Å². The van der Waals surface area contributed by atoms with Crippen LogP contribution in [-0.2, 0) is 23.0 Å². The summed E-state index contributed by atoms with van der Waals surface area (Å²) >= 11 is 1.12. The monoisotopic (exact) mass is 315 g/mol. The molecule has 0 unspecified atom stereocenters. The van der Waals surface area contributed by atoms with Gasteiger partial charge in [-0.15, -0.1) is 11.3 Å². The minimum atomic E-state index is -3.60. The Morgan fingerprint density at radius 2 is 2.05 bits per heavy atom. The molecule has 4 nitrogen and oxygen atoms in total. The van der Waals surface area contributed by atoms with Crippen molar-refractivity contribution in [3.05, 3.63) is 52.7 Å². The van der Waals surface area contributed by atoms with Gasteiger partial charge in [0.05, 0.1) is 0 Å². The zero-order chi connectivity index (χ0) is 14.6. The van der Waals surface area contributed by atoms with Crippen LogP contribution in [0.2, 0.25) is 0 Å². The van der Waals surface area contributed by atoms with Crippen LogP contribution in [-0.4, -0.2) is 20.1 Å². The standard InChI is InChI=1S/C13H14FNO3S2/c14-11-3-1-2-10(8-11)9-15-20(17,18)13-5-4-12(19-13)6-7-16/h1-5,8,15-16H,6-7,9H2. The lowest BCUT2D eigenvalue weighted by Crippen LogP contribution is -2.22. The number of aliphatic hydroxyl groups is 1. The van der Waals surface area contributed by atoms with Gasteiger partial charge in [0.2, 0.25) is 10.0 Å². The lowest BCUT2D eigenvalue weighted by Gasteiger charge is -2.05. The summed E-state index contributed by atoms with van der Waals surface area (Å²) in [5.41, 5.74) is 0.556. The smallest absolute Gasteiger partial charge is 0.250 e. The van der Waals surface area contributed by atoms with Gasteiger partial charge in [-0.3, -0.25) is 0 Å². The second-order valence-electron chi connectivity index (χ2n) is 4.15. The second-order valence-corrected chi connectivity index (χ2v) is 7.31. The van der Waals surface area contributed by atoms with E-state index in [4.69, 9.17) is 5.11 Å². The molecule has 0 atom stereocenters. The van der Waals surface area contributed by atoms with Crippen LogP contribution in [0, 0.1) is 5.82 Å². The average molecular weight is 315 g/mol. The molecule has 1 aromatic heterocycles. The van der Waals surface area contributed by atoms with Gasteiger partial charge in [0, 0.05) is 24.4 Å². The Morgan fingerprint density at radius 3 is 2.75 bits per heavy atom. The molecule has 0 saturated heterocycles. The fraction of sp³-hybridized carbons (Fsp3) is 0.231. The molecule has 1 aromatic carbocycles. The third kappa shape index (κ3) is 3.86. The molecule has 2 N–H and O–H groups in total. The number of rotatable bonds is 6. The van der Waals surface area contributed by atoms with Crippen molar-refractivity contribution in [1.29, 1.82) is 0 Å². The van der Waals surface area contributed by atoms with Crippen molar-refractivity contribution < 1.29 is 17.9 Å². The van der Waals surface area contributed by atoms with Crippen LogP contribution in [0.15, 0.2) is 40.6 Å². The van der Waals surface area contributed by atoms with E-state index in [0.717, 1.165) is 16.2 Å². The predicted molar refractivity (Wildman–Crippen MR) is 75.5 cm³/mol. The molecule has 2 rings (SSSR count). The van der Waals surface area contributed by atoms with Crippen molar-refractivity contribution in [3.8, 4) is 0 Å². The van der Waals surface area contributed by atoms with E-state index in [2.05, 4.69) is 4.72 Å². The molecular formula is C13H14FNO3S2. The maximum Gasteiger partial charge on any atom is 0.250 e. The summed E-state index contributed by atoms with van der Waals surface area (Å²) in [6, 6.07) is 8.95. The second kappa shape index (κ2) is 6.45. The largest absolute Gasteiger partial charge is 0.396 e. The first-order chi connectivity index (χ1) is 9.51. The maximum atomic E-state index is 13.0. The Morgan fingerprint density at radius 1 is 1.25 bits per heavy atom. The number of aliphatic hydroxyl groups excluding tert-OH is 1. The first-order valence-corrected chi connectivity index (χ1v) is 8.25. The molecule has 0 radical (unpaired) electrons. The first kappa shape index (κ1) is 15.1. The third-order valence-corrected chi connectivity index (χ3v) is 5.65. The Hall–Kier alpha value is -1.28. The Balaban J connectivity index is 2.06. The van der Waals surface area contributed by atoms with Crippen LogP contribution in [0.4, 0.5) is 4.39 Å². The molecule has 0 aliphatic heterocycles. The van der Waals surface area contributed by atoms with Crippen molar-refractivity contribution >= 4 is 21.4 Å². The van der Waals surface area contributed by atoms with Crippen LogP contribution in [0.3, 0.4) is 0 Å². The summed E-state index contributed by atoms with van der Waals surface area (Å²) in [5.74, 6) is -0.400. The molecule has 1 heterocycles. The van der Waals surface area contributed by atoms with Gasteiger partial charge in [0.1, 0.15) is 10.0 Å². The SMILES string of the molecule is O=S(=O)(NCc1cccc(F)c1)c1ccc(CCO)s1. The number of nitrogens with one attached hydrogen (secondary N) is 1. The van der Waals surface area contributed by atoms with Crippen molar-refractivity contribution in [2.24, 2.45) is 0 Å². The fourth-order valence-corrected chi connectivity index (χ4v) is 4.05. The summed E-state index contributed by atoms with van der Waals surface area (Å²) in [5, 5.41) is 8.82. The predicted octanol–water partition coefficient (Wildman–Crippen LogP) is 1.90. The molecule has 0 fully saturated rings. The molecular weight excluding hydrogens is 301 g/mol. The Bertz CT molecular complexity index is 682. The zero-order valence-corrected chi connectivity index (χ0v) is 12.2. The van der Waals surface area contributed by atoms with Gasteiger partial charge in [0.25, 0.3) is 0 Å².